The standard InChI is InChI=1S/C21H23N3O3S/c1-28(26,27)23-19-10-7-17(8-11-19)9-12-21(25)22-14-4-15-24-16-13-18-5-2-3-6-20(18)24/h2-3,5-13,16,23H,4,14-15H2,1H3,(H,22,25)/b12-9+. The number of hydrogen-bond acceptors (Lipinski definition) is 3. The number of aryl methyl sites for hydroxylation is 1. The van der Waals surface area contributed by atoms with Gasteiger partial charge in [-0.1, -0.05) is 30.3 Å². The Kier molecular flexibility index (Phi) is 6.16. The van der Waals surface area contributed by atoms with Gasteiger partial charge in [0.15, 0.2) is 0 Å². The van der Waals surface area contributed by atoms with Crippen LogP contribution in [0.1, 0.15) is 12.0 Å². The third-order valence-corrected chi connectivity index (χ3v) is 4.80. The Bertz CT molecular complexity index is 1080. The van der Waals surface area contributed by atoms with Gasteiger partial charge in [-0.2, -0.15) is 0 Å². The van der Waals surface area contributed by atoms with Crippen LogP contribution in [0.5, 0.6) is 0 Å². The van der Waals surface area contributed by atoms with Gasteiger partial charge in [0.25, 0.3) is 0 Å². The maximum atomic E-state index is 11.9. The molecule has 0 atom stereocenters. The van der Waals surface area contributed by atoms with Crippen LogP contribution in [-0.4, -0.2) is 31.7 Å². The summed E-state index contributed by atoms with van der Waals surface area (Å²) in [7, 11) is -3.29. The highest BCUT2D eigenvalue weighted by Crippen LogP contribution is 2.15. The summed E-state index contributed by atoms with van der Waals surface area (Å²) < 4.78 is 27.0. The van der Waals surface area contributed by atoms with E-state index in [4.69, 9.17) is 0 Å². The van der Waals surface area contributed by atoms with Crippen LogP contribution in [0.4, 0.5) is 5.69 Å². The topological polar surface area (TPSA) is 80.2 Å². The van der Waals surface area contributed by atoms with E-state index in [0.29, 0.717) is 12.2 Å². The Balaban J connectivity index is 1.44. The summed E-state index contributed by atoms with van der Waals surface area (Å²) in [5, 5.41) is 4.09. The van der Waals surface area contributed by atoms with Crippen LogP contribution in [0.2, 0.25) is 0 Å². The van der Waals surface area contributed by atoms with Gasteiger partial charge in [0, 0.05) is 36.6 Å². The van der Waals surface area contributed by atoms with Crippen LogP contribution in [0.3, 0.4) is 0 Å². The first kappa shape index (κ1) is 19.7. The number of para-hydroxylation sites is 1. The first-order valence-electron chi connectivity index (χ1n) is 8.98. The molecule has 0 radical (unpaired) electrons. The second-order valence-corrected chi connectivity index (χ2v) is 8.29. The molecule has 2 aromatic carbocycles. The third kappa shape index (κ3) is 5.72. The van der Waals surface area contributed by atoms with Crippen LogP contribution < -0.4 is 10.0 Å². The van der Waals surface area contributed by atoms with Crippen molar-refractivity contribution in [2.24, 2.45) is 0 Å². The maximum Gasteiger partial charge on any atom is 0.244 e. The van der Waals surface area contributed by atoms with Crippen molar-refractivity contribution in [1.29, 1.82) is 0 Å². The highest BCUT2D eigenvalue weighted by atomic mass is 32.2. The molecule has 0 fully saturated rings. The molecule has 7 heteroatoms. The normalized spacial score (nSPS) is 11.8. The first-order valence-corrected chi connectivity index (χ1v) is 10.9. The summed E-state index contributed by atoms with van der Waals surface area (Å²) in [5.74, 6) is -0.157. The lowest BCUT2D eigenvalue weighted by Crippen LogP contribution is -2.23. The molecular weight excluding hydrogens is 374 g/mol. The van der Waals surface area contributed by atoms with Crippen LogP contribution in [0.25, 0.3) is 17.0 Å². The number of amides is 1. The van der Waals surface area contributed by atoms with E-state index in [1.807, 2.05) is 12.1 Å². The summed E-state index contributed by atoms with van der Waals surface area (Å²) in [5.41, 5.74) is 2.50. The molecule has 0 unspecified atom stereocenters. The molecule has 3 aromatic rings. The first-order chi connectivity index (χ1) is 13.4. The fourth-order valence-corrected chi connectivity index (χ4v) is 3.47. The molecule has 2 N–H and O–H groups in total. The molecule has 3 rings (SSSR count). The van der Waals surface area contributed by atoms with Gasteiger partial charge in [-0.15, -0.1) is 0 Å². The number of nitrogens with one attached hydrogen (secondary N) is 2. The van der Waals surface area contributed by atoms with Crippen LogP contribution in [0, 0.1) is 0 Å². The molecule has 0 aliphatic heterocycles. The van der Waals surface area contributed by atoms with Crippen molar-refractivity contribution in [2.45, 2.75) is 13.0 Å². The molecule has 28 heavy (non-hydrogen) atoms. The van der Waals surface area contributed by atoms with E-state index in [2.05, 4.69) is 39.0 Å². The highest BCUT2D eigenvalue weighted by Gasteiger charge is 2.02. The van der Waals surface area contributed by atoms with Crippen molar-refractivity contribution in [3.8, 4) is 0 Å². The molecule has 0 aliphatic rings. The smallest absolute Gasteiger partial charge is 0.244 e. The Morgan fingerprint density at radius 3 is 2.57 bits per heavy atom. The molecule has 0 spiro atoms. The van der Waals surface area contributed by atoms with Crippen molar-refractivity contribution in [3.05, 3.63) is 72.4 Å². The molecule has 0 bridgehead atoms. The molecular formula is C21H23N3O3S. The number of aromatic nitrogens is 1. The predicted molar refractivity (Wildman–Crippen MR) is 114 cm³/mol. The van der Waals surface area contributed by atoms with E-state index in [0.717, 1.165) is 24.8 Å². The summed E-state index contributed by atoms with van der Waals surface area (Å²) >= 11 is 0. The van der Waals surface area contributed by atoms with Crippen LogP contribution in [0.15, 0.2) is 66.9 Å². The molecule has 6 nitrogen and oxygen atoms in total. The van der Waals surface area contributed by atoms with E-state index in [1.165, 1.54) is 17.0 Å². The van der Waals surface area contributed by atoms with E-state index >= 15 is 0 Å². The monoisotopic (exact) mass is 397 g/mol. The summed E-state index contributed by atoms with van der Waals surface area (Å²) in [6.07, 6.45) is 7.17. The van der Waals surface area contributed by atoms with Gasteiger partial charge in [-0.25, -0.2) is 8.42 Å². The minimum absolute atomic E-state index is 0.157. The van der Waals surface area contributed by atoms with Gasteiger partial charge >= 0.3 is 0 Å². The zero-order chi connectivity index (χ0) is 20.0. The van der Waals surface area contributed by atoms with Gasteiger partial charge in [0.2, 0.25) is 15.9 Å². The van der Waals surface area contributed by atoms with Crippen molar-refractivity contribution < 1.29 is 13.2 Å². The number of fused-ring (bicyclic) bond motifs is 1. The number of anilines is 1. The van der Waals surface area contributed by atoms with Gasteiger partial charge in [-0.3, -0.25) is 9.52 Å². The third-order valence-electron chi connectivity index (χ3n) is 4.20. The molecule has 1 amide bonds. The number of carbonyl (C=O) groups excluding carboxylic acids is 1. The van der Waals surface area contributed by atoms with Crippen molar-refractivity contribution >= 4 is 38.6 Å². The van der Waals surface area contributed by atoms with Gasteiger partial charge in [-0.05, 0) is 47.7 Å². The van der Waals surface area contributed by atoms with E-state index in [9.17, 15) is 13.2 Å². The second kappa shape index (κ2) is 8.75. The Labute approximate surface area is 164 Å². The lowest BCUT2D eigenvalue weighted by atomic mass is 10.2. The summed E-state index contributed by atoms with van der Waals surface area (Å²) in [6, 6.07) is 17.1. The number of carbonyl (C=O) groups is 1. The molecule has 146 valence electrons. The molecule has 1 heterocycles. The van der Waals surface area contributed by atoms with Crippen LogP contribution >= 0.6 is 0 Å². The summed E-state index contributed by atoms with van der Waals surface area (Å²) in [6.45, 7) is 1.43. The Hall–Kier alpha value is -3.06. The average Bonchev–Trinajstić information content (AvgIpc) is 3.07. The maximum absolute atomic E-state index is 11.9. The van der Waals surface area contributed by atoms with Crippen molar-refractivity contribution in [3.63, 3.8) is 0 Å². The molecule has 0 saturated heterocycles. The zero-order valence-electron chi connectivity index (χ0n) is 15.6. The Morgan fingerprint density at radius 2 is 1.82 bits per heavy atom. The average molecular weight is 398 g/mol. The fourth-order valence-electron chi connectivity index (χ4n) is 2.90. The fraction of sp³-hybridized carbons (Fsp3) is 0.190. The minimum atomic E-state index is -3.29. The number of nitrogens with zero attached hydrogens (tertiary/aromatic N) is 1. The van der Waals surface area contributed by atoms with Gasteiger partial charge < -0.3 is 9.88 Å². The number of rotatable bonds is 8. The SMILES string of the molecule is CS(=O)(=O)Nc1ccc(/C=C/C(=O)NCCCn2ccc3ccccc32)cc1. The minimum Gasteiger partial charge on any atom is -0.352 e. The number of hydrogen-bond donors (Lipinski definition) is 2. The van der Waals surface area contributed by atoms with E-state index < -0.39 is 10.0 Å². The van der Waals surface area contributed by atoms with Gasteiger partial charge in [0.1, 0.15) is 0 Å². The molecule has 0 saturated carbocycles. The van der Waals surface area contributed by atoms with Gasteiger partial charge in [0.05, 0.1) is 6.26 Å². The zero-order valence-corrected chi connectivity index (χ0v) is 16.4. The highest BCUT2D eigenvalue weighted by molar-refractivity contribution is 7.92. The number of benzene rings is 2. The largest absolute Gasteiger partial charge is 0.352 e. The predicted octanol–water partition coefficient (Wildman–Crippen LogP) is 3.23. The Morgan fingerprint density at radius 1 is 1.07 bits per heavy atom. The lowest BCUT2D eigenvalue weighted by Gasteiger charge is -2.06. The van der Waals surface area contributed by atoms with Crippen molar-refractivity contribution in [2.75, 3.05) is 17.5 Å². The summed E-state index contributed by atoms with van der Waals surface area (Å²) in [4.78, 5) is 11.9. The lowest BCUT2D eigenvalue weighted by molar-refractivity contribution is -0.116. The van der Waals surface area contributed by atoms with Crippen LogP contribution in [-0.2, 0) is 21.4 Å². The second-order valence-electron chi connectivity index (χ2n) is 6.54. The van der Waals surface area contributed by atoms with E-state index in [-0.39, 0.29) is 5.91 Å². The van der Waals surface area contributed by atoms with Crippen molar-refractivity contribution in [1.82, 2.24) is 9.88 Å². The molecule has 1 aromatic heterocycles. The quantitative estimate of drug-likeness (QED) is 0.452. The molecule has 0 aliphatic carbocycles. The number of sulfonamides is 1. The van der Waals surface area contributed by atoms with E-state index in [1.54, 1.807) is 30.3 Å².